The van der Waals surface area contributed by atoms with E-state index in [1.54, 1.807) is 0 Å². The third-order valence-corrected chi connectivity index (χ3v) is 4.82. The van der Waals surface area contributed by atoms with E-state index >= 15 is 0 Å². The largest absolute Gasteiger partial charge is 0.445 e. The van der Waals surface area contributed by atoms with Gasteiger partial charge in [0.25, 0.3) is 0 Å². The number of hydrogen-bond acceptors (Lipinski definition) is 2. The Kier molecular flexibility index (Phi) is 3.95. The average molecular weight is 273 g/mol. The first-order chi connectivity index (χ1) is 9.77. The molecule has 1 heterocycles. The van der Waals surface area contributed by atoms with Crippen molar-refractivity contribution in [2.75, 3.05) is 13.1 Å². The fraction of sp³-hybridized carbons (Fsp3) is 0.588. The predicted molar refractivity (Wildman–Crippen MR) is 78.3 cm³/mol. The van der Waals surface area contributed by atoms with Crippen molar-refractivity contribution in [3.8, 4) is 0 Å². The Labute approximate surface area is 120 Å². The van der Waals surface area contributed by atoms with E-state index in [1.807, 2.05) is 35.2 Å². The van der Waals surface area contributed by atoms with Gasteiger partial charge in [0.2, 0.25) is 0 Å². The van der Waals surface area contributed by atoms with E-state index in [0.717, 1.165) is 25.1 Å². The van der Waals surface area contributed by atoms with Gasteiger partial charge < -0.3 is 9.64 Å². The van der Waals surface area contributed by atoms with E-state index < -0.39 is 0 Å². The van der Waals surface area contributed by atoms with Crippen molar-refractivity contribution >= 4 is 6.09 Å². The number of nitrogens with zero attached hydrogens (tertiary/aromatic N) is 1. The van der Waals surface area contributed by atoms with Gasteiger partial charge in [-0.05, 0) is 30.2 Å². The summed E-state index contributed by atoms with van der Waals surface area (Å²) in [5.41, 5.74) is 1.46. The normalized spacial score (nSPS) is 21.1. The highest BCUT2D eigenvalue weighted by Gasteiger charge is 2.40. The lowest BCUT2D eigenvalue weighted by Crippen LogP contribution is -2.33. The highest BCUT2D eigenvalue weighted by Crippen LogP contribution is 2.43. The maximum absolute atomic E-state index is 12.1. The van der Waals surface area contributed by atoms with Crippen LogP contribution in [-0.2, 0) is 11.3 Å². The van der Waals surface area contributed by atoms with E-state index in [2.05, 4.69) is 0 Å². The minimum atomic E-state index is -0.142. The van der Waals surface area contributed by atoms with Gasteiger partial charge in [0, 0.05) is 13.1 Å². The van der Waals surface area contributed by atoms with E-state index in [4.69, 9.17) is 4.74 Å². The third-order valence-electron chi connectivity index (χ3n) is 4.82. The summed E-state index contributed by atoms with van der Waals surface area (Å²) in [5.74, 6) is 0. The second kappa shape index (κ2) is 5.86. The molecule has 0 N–H and O–H groups in total. The number of amides is 1. The second-order valence-corrected chi connectivity index (χ2v) is 6.27. The Hall–Kier alpha value is -1.51. The number of ether oxygens (including phenoxy) is 1. The van der Waals surface area contributed by atoms with Crippen LogP contribution in [0.5, 0.6) is 0 Å². The first kappa shape index (κ1) is 13.5. The Balaban J connectivity index is 1.51. The Bertz CT molecular complexity index is 451. The highest BCUT2D eigenvalue weighted by molar-refractivity contribution is 5.68. The number of likely N-dealkylation sites (tertiary alicyclic amines) is 1. The summed E-state index contributed by atoms with van der Waals surface area (Å²) in [6, 6.07) is 9.88. The molecule has 1 aliphatic carbocycles. The summed E-state index contributed by atoms with van der Waals surface area (Å²) in [5, 5.41) is 0. The van der Waals surface area contributed by atoms with Crippen LogP contribution in [0.15, 0.2) is 30.3 Å². The van der Waals surface area contributed by atoms with Crippen LogP contribution in [0.3, 0.4) is 0 Å². The quantitative estimate of drug-likeness (QED) is 0.815. The number of hydrogen-bond donors (Lipinski definition) is 0. The summed E-state index contributed by atoms with van der Waals surface area (Å²) >= 11 is 0. The van der Waals surface area contributed by atoms with Crippen LogP contribution in [0, 0.1) is 5.41 Å². The van der Waals surface area contributed by atoms with Crippen LogP contribution in [0.2, 0.25) is 0 Å². The lowest BCUT2D eigenvalue weighted by Gasteiger charge is -2.32. The maximum Gasteiger partial charge on any atom is 0.410 e. The molecule has 108 valence electrons. The number of carbonyl (C=O) groups excluding carboxylic acids is 1. The topological polar surface area (TPSA) is 29.5 Å². The van der Waals surface area contributed by atoms with Crippen LogP contribution in [-0.4, -0.2) is 24.1 Å². The zero-order chi connectivity index (χ0) is 13.8. The van der Waals surface area contributed by atoms with Gasteiger partial charge in [0.05, 0.1) is 0 Å². The Morgan fingerprint density at radius 3 is 2.60 bits per heavy atom. The molecule has 1 saturated heterocycles. The fourth-order valence-electron chi connectivity index (χ4n) is 3.61. The molecule has 20 heavy (non-hydrogen) atoms. The van der Waals surface area contributed by atoms with Crippen molar-refractivity contribution < 1.29 is 9.53 Å². The second-order valence-electron chi connectivity index (χ2n) is 6.27. The molecule has 1 aliphatic heterocycles. The van der Waals surface area contributed by atoms with Gasteiger partial charge in [-0.3, -0.25) is 0 Å². The van der Waals surface area contributed by atoms with Gasteiger partial charge in [-0.25, -0.2) is 4.79 Å². The van der Waals surface area contributed by atoms with E-state index in [1.165, 1.54) is 32.1 Å². The Morgan fingerprint density at radius 2 is 1.85 bits per heavy atom. The van der Waals surface area contributed by atoms with Gasteiger partial charge >= 0.3 is 6.09 Å². The van der Waals surface area contributed by atoms with Gasteiger partial charge in [-0.1, -0.05) is 49.6 Å². The van der Waals surface area contributed by atoms with Crippen molar-refractivity contribution in [3.63, 3.8) is 0 Å². The van der Waals surface area contributed by atoms with E-state index in [-0.39, 0.29) is 6.09 Å². The first-order valence-electron chi connectivity index (χ1n) is 7.73. The molecule has 2 aliphatic rings. The zero-order valence-corrected chi connectivity index (χ0v) is 12.0. The van der Waals surface area contributed by atoms with Crippen LogP contribution in [0.25, 0.3) is 0 Å². The summed E-state index contributed by atoms with van der Waals surface area (Å²) in [6.07, 6.45) is 7.61. The molecule has 1 aromatic carbocycles. The van der Waals surface area contributed by atoms with E-state index in [0.29, 0.717) is 12.0 Å². The molecular formula is C17H23NO2. The van der Waals surface area contributed by atoms with Crippen molar-refractivity contribution in [2.45, 2.75) is 45.1 Å². The van der Waals surface area contributed by atoms with Crippen molar-refractivity contribution in [1.82, 2.24) is 4.90 Å². The van der Waals surface area contributed by atoms with Crippen LogP contribution in [0.4, 0.5) is 4.79 Å². The van der Waals surface area contributed by atoms with Crippen molar-refractivity contribution in [1.29, 1.82) is 0 Å². The molecule has 0 bridgehead atoms. The third kappa shape index (κ3) is 2.97. The van der Waals surface area contributed by atoms with Crippen LogP contribution in [0.1, 0.15) is 44.1 Å². The van der Waals surface area contributed by atoms with Gasteiger partial charge in [-0.2, -0.15) is 0 Å². The molecule has 2 fully saturated rings. The van der Waals surface area contributed by atoms with Crippen molar-refractivity contribution in [3.05, 3.63) is 35.9 Å². The van der Waals surface area contributed by atoms with Gasteiger partial charge in [0.1, 0.15) is 6.61 Å². The molecule has 1 amide bonds. The zero-order valence-electron chi connectivity index (χ0n) is 12.0. The molecule has 3 rings (SSSR count). The SMILES string of the molecule is O=C(OCc1ccccc1)N1CCC2(CCCCC2)C1. The Morgan fingerprint density at radius 1 is 1.10 bits per heavy atom. The summed E-state index contributed by atoms with van der Waals surface area (Å²) in [6.45, 7) is 2.15. The van der Waals surface area contributed by atoms with Crippen LogP contribution < -0.4 is 0 Å². The maximum atomic E-state index is 12.1. The number of benzene rings is 1. The minimum Gasteiger partial charge on any atom is -0.445 e. The lowest BCUT2D eigenvalue weighted by molar-refractivity contribution is 0.0959. The minimum absolute atomic E-state index is 0.142. The average Bonchev–Trinajstić information content (AvgIpc) is 2.90. The van der Waals surface area contributed by atoms with E-state index in [9.17, 15) is 4.79 Å². The van der Waals surface area contributed by atoms with Crippen LogP contribution >= 0.6 is 0 Å². The molecule has 1 aromatic rings. The fourth-order valence-corrected chi connectivity index (χ4v) is 3.61. The molecule has 0 aromatic heterocycles. The van der Waals surface area contributed by atoms with Crippen molar-refractivity contribution in [2.24, 2.45) is 5.41 Å². The summed E-state index contributed by atoms with van der Waals surface area (Å²) < 4.78 is 5.43. The molecule has 3 heteroatoms. The molecule has 0 radical (unpaired) electrons. The van der Waals surface area contributed by atoms with Gasteiger partial charge in [-0.15, -0.1) is 0 Å². The highest BCUT2D eigenvalue weighted by atomic mass is 16.6. The van der Waals surface area contributed by atoms with Gasteiger partial charge in [0.15, 0.2) is 0 Å². The lowest BCUT2D eigenvalue weighted by atomic mass is 9.74. The summed E-state index contributed by atoms with van der Waals surface area (Å²) in [4.78, 5) is 14.1. The molecular weight excluding hydrogens is 250 g/mol. The number of rotatable bonds is 2. The predicted octanol–water partition coefficient (Wildman–Crippen LogP) is 3.98. The molecule has 1 saturated carbocycles. The monoisotopic (exact) mass is 273 g/mol. The molecule has 3 nitrogen and oxygen atoms in total. The standard InChI is InChI=1S/C17H23NO2/c19-16(20-13-15-7-3-1-4-8-15)18-12-11-17(14-18)9-5-2-6-10-17/h1,3-4,7-8H,2,5-6,9-14H2. The first-order valence-corrected chi connectivity index (χ1v) is 7.73. The number of carbonyl (C=O) groups is 1. The molecule has 0 unspecified atom stereocenters. The molecule has 0 atom stereocenters. The molecule has 1 spiro atoms. The smallest absolute Gasteiger partial charge is 0.410 e. The summed E-state index contributed by atoms with van der Waals surface area (Å²) in [7, 11) is 0.